The molecule has 50 valence electrons. The smallest absolute Gasteiger partial charge is 0.154 e. The lowest BCUT2D eigenvalue weighted by molar-refractivity contribution is 0.606. The monoisotopic (exact) mass is 147 g/mol. The van der Waals surface area contributed by atoms with Gasteiger partial charge in [-0.3, -0.25) is 5.10 Å². The van der Waals surface area contributed by atoms with Crippen LogP contribution in [-0.4, -0.2) is 16.2 Å². The summed E-state index contributed by atoms with van der Waals surface area (Å²) in [7, 11) is 0. The van der Waals surface area contributed by atoms with Gasteiger partial charge in [-0.1, -0.05) is 0 Å². The lowest BCUT2D eigenvalue weighted by Crippen LogP contribution is -1.85. The van der Waals surface area contributed by atoms with E-state index in [1.54, 1.807) is 12.3 Å². The highest BCUT2D eigenvalue weighted by Crippen LogP contribution is 2.06. The third-order valence-corrected chi connectivity index (χ3v) is 1.21. The summed E-state index contributed by atoms with van der Waals surface area (Å²) in [5.74, 6) is 0.720. The van der Waals surface area contributed by atoms with Crippen LogP contribution in [0.2, 0.25) is 0 Å². The van der Waals surface area contributed by atoms with Gasteiger partial charge in [-0.05, 0) is 11.9 Å². The molecule has 0 saturated heterocycles. The summed E-state index contributed by atoms with van der Waals surface area (Å²) in [5, 5.41) is 6.28. The molecule has 0 spiro atoms. The molecule has 0 aliphatic heterocycles. The van der Waals surface area contributed by atoms with Crippen LogP contribution >= 0.6 is 11.9 Å². The van der Waals surface area contributed by atoms with E-state index in [4.69, 9.17) is 0 Å². The first-order chi connectivity index (χ1) is 4.43. The minimum atomic E-state index is -0.445. The molecule has 0 fully saturated rings. The Morgan fingerprint density at radius 2 is 2.78 bits per heavy atom. The van der Waals surface area contributed by atoms with Gasteiger partial charge in [0.2, 0.25) is 0 Å². The first-order valence-electron chi connectivity index (χ1n) is 2.36. The zero-order valence-corrected chi connectivity index (χ0v) is 5.41. The molecule has 1 heterocycles. The van der Waals surface area contributed by atoms with E-state index in [0.717, 1.165) is 17.8 Å². The van der Waals surface area contributed by atoms with E-state index in [9.17, 15) is 4.39 Å². The number of anilines is 1. The molecule has 0 amide bonds. The molecule has 0 radical (unpaired) electrons. The maximum absolute atomic E-state index is 11.5. The summed E-state index contributed by atoms with van der Waals surface area (Å²) < 4.78 is 14.1. The fourth-order valence-electron chi connectivity index (χ4n) is 0.418. The Labute approximate surface area is 56.2 Å². The second kappa shape index (κ2) is 3.34. The van der Waals surface area contributed by atoms with Crippen molar-refractivity contribution in [3.8, 4) is 0 Å². The predicted octanol–water partition coefficient (Wildman–Crippen LogP) is 1.40. The van der Waals surface area contributed by atoms with Crippen molar-refractivity contribution in [2.45, 2.75) is 0 Å². The molecule has 0 aromatic carbocycles. The fourth-order valence-corrected chi connectivity index (χ4v) is 0.741. The Hall–Kier alpha value is -0.710. The molecule has 2 N–H and O–H groups in total. The third-order valence-electron chi connectivity index (χ3n) is 0.737. The van der Waals surface area contributed by atoms with Crippen molar-refractivity contribution in [1.82, 2.24) is 10.2 Å². The van der Waals surface area contributed by atoms with Gasteiger partial charge in [0.05, 0.1) is 6.20 Å². The Kier molecular flexibility index (Phi) is 2.38. The average Bonchev–Trinajstić information content (AvgIpc) is 2.34. The van der Waals surface area contributed by atoms with Crippen LogP contribution < -0.4 is 4.72 Å². The molecule has 1 aromatic rings. The standard InChI is InChI=1S/C4H6FN3S/c5-3-9-8-4-1-2-6-7-4/h1-2H,3H2,(H2,6,7,8). The van der Waals surface area contributed by atoms with Gasteiger partial charge >= 0.3 is 0 Å². The van der Waals surface area contributed by atoms with Crippen LogP contribution in [0.25, 0.3) is 0 Å². The van der Waals surface area contributed by atoms with Crippen LogP contribution in [0.1, 0.15) is 0 Å². The summed E-state index contributed by atoms with van der Waals surface area (Å²) in [6, 6.07) is 1.28. The van der Waals surface area contributed by atoms with Gasteiger partial charge in [-0.2, -0.15) is 5.10 Å². The zero-order valence-electron chi connectivity index (χ0n) is 4.60. The molecule has 0 saturated carbocycles. The molecule has 0 atom stereocenters. The number of halogens is 1. The minimum Gasteiger partial charge on any atom is -0.313 e. The number of alkyl halides is 1. The second-order valence-electron chi connectivity index (χ2n) is 1.33. The summed E-state index contributed by atoms with van der Waals surface area (Å²) in [6.07, 6.45) is 1.60. The van der Waals surface area contributed by atoms with Crippen molar-refractivity contribution in [2.24, 2.45) is 0 Å². The van der Waals surface area contributed by atoms with Gasteiger partial charge in [0.1, 0.15) is 5.82 Å². The number of aromatic nitrogens is 2. The van der Waals surface area contributed by atoms with Gasteiger partial charge in [0.15, 0.2) is 6.01 Å². The summed E-state index contributed by atoms with van der Waals surface area (Å²) in [5.41, 5.74) is 0. The van der Waals surface area contributed by atoms with Gasteiger partial charge in [0, 0.05) is 6.07 Å². The number of nitrogens with one attached hydrogen (secondary N) is 2. The van der Waals surface area contributed by atoms with Gasteiger partial charge in [-0.25, -0.2) is 4.39 Å². The van der Waals surface area contributed by atoms with E-state index >= 15 is 0 Å². The van der Waals surface area contributed by atoms with Crippen LogP contribution in [0.5, 0.6) is 0 Å². The van der Waals surface area contributed by atoms with Crippen molar-refractivity contribution in [3.63, 3.8) is 0 Å². The van der Waals surface area contributed by atoms with Crippen LogP contribution in [0.4, 0.5) is 10.2 Å². The lowest BCUT2D eigenvalue weighted by Gasteiger charge is -1.94. The molecule has 9 heavy (non-hydrogen) atoms. The highest BCUT2D eigenvalue weighted by Gasteiger charge is 1.88. The van der Waals surface area contributed by atoms with Gasteiger partial charge < -0.3 is 4.72 Å². The van der Waals surface area contributed by atoms with Crippen molar-refractivity contribution in [3.05, 3.63) is 12.3 Å². The van der Waals surface area contributed by atoms with Crippen LogP contribution in [-0.2, 0) is 0 Å². The highest BCUT2D eigenvalue weighted by atomic mass is 32.2. The molecule has 1 aromatic heterocycles. The lowest BCUT2D eigenvalue weighted by atomic mass is 10.7. The number of aromatic amines is 1. The van der Waals surface area contributed by atoms with Crippen LogP contribution in [0, 0.1) is 0 Å². The summed E-state index contributed by atoms with van der Waals surface area (Å²) >= 11 is 0.978. The third kappa shape index (κ3) is 1.93. The van der Waals surface area contributed by atoms with Crippen molar-refractivity contribution < 1.29 is 4.39 Å². The Bertz CT molecular complexity index is 153. The Morgan fingerprint density at radius 3 is 3.33 bits per heavy atom. The van der Waals surface area contributed by atoms with Crippen molar-refractivity contribution in [2.75, 3.05) is 10.7 Å². The van der Waals surface area contributed by atoms with E-state index in [0.29, 0.717) is 0 Å². The molecule has 1 rings (SSSR count). The van der Waals surface area contributed by atoms with Gasteiger partial charge in [-0.15, -0.1) is 0 Å². The average molecular weight is 147 g/mol. The fraction of sp³-hybridized carbons (Fsp3) is 0.250. The van der Waals surface area contributed by atoms with Crippen LogP contribution in [0.3, 0.4) is 0 Å². The van der Waals surface area contributed by atoms with Crippen LogP contribution in [0.15, 0.2) is 12.3 Å². The van der Waals surface area contributed by atoms with E-state index in [1.807, 2.05) is 0 Å². The Balaban J connectivity index is 2.30. The molecule has 0 aliphatic rings. The largest absolute Gasteiger partial charge is 0.313 e. The molecule has 0 unspecified atom stereocenters. The zero-order chi connectivity index (χ0) is 6.53. The number of hydrogen-bond donors (Lipinski definition) is 2. The molecule has 0 bridgehead atoms. The van der Waals surface area contributed by atoms with E-state index in [1.165, 1.54) is 0 Å². The number of nitrogens with zero attached hydrogens (tertiary/aromatic N) is 1. The van der Waals surface area contributed by atoms with E-state index in [-0.39, 0.29) is 0 Å². The highest BCUT2D eigenvalue weighted by molar-refractivity contribution is 8.00. The van der Waals surface area contributed by atoms with E-state index in [2.05, 4.69) is 14.9 Å². The first-order valence-corrected chi connectivity index (χ1v) is 3.35. The topological polar surface area (TPSA) is 40.7 Å². The first kappa shape index (κ1) is 6.41. The normalized spacial score (nSPS) is 9.44. The van der Waals surface area contributed by atoms with Gasteiger partial charge in [0.25, 0.3) is 0 Å². The van der Waals surface area contributed by atoms with Crippen molar-refractivity contribution in [1.29, 1.82) is 0 Å². The molecule has 0 aliphatic carbocycles. The minimum absolute atomic E-state index is 0.445. The molecular weight excluding hydrogens is 141 g/mol. The molecular formula is C4H6FN3S. The second-order valence-corrected chi connectivity index (χ2v) is 2.04. The maximum Gasteiger partial charge on any atom is 0.154 e. The molecule has 5 heteroatoms. The number of H-pyrrole nitrogens is 1. The maximum atomic E-state index is 11.5. The van der Waals surface area contributed by atoms with Crippen molar-refractivity contribution >= 4 is 17.8 Å². The molecule has 3 nitrogen and oxygen atoms in total. The number of hydrogen-bond acceptors (Lipinski definition) is 3. The predicted molar refractivity (Wildman–Crippen MR) is 35.8 cm³/mol. The summed E-state index contributed by atoms with van der Waals surface area (Å²) in [4.78, 5) is 0. The summed E-state index contributed by atoms with van der Waals surface area (Å²) in [6.45, 7) is 0. The quantitative estimate of drug-likeness (QED) is 0.635. The number of rotatable bonds is 3. The Morgan fingerprint density at radius 1 is 1.89 bits per heavy atom. The van der Waals surface area contributed by atoms with E-state index < -0.39 is 6.01 Å². The SMILES string of the molecule is FCSNc1ccn[nH]1.